The number of rotatable bonds is 3. The van der Waals surface area contributed by atoms with Gasteiger partial charge in [0.2, 0.25) is 0 Å². The zero-order chi connectivity index (χ0) is 17.9. The molecule has 0 aliphatic carbocycles. The van der Waals surface area contributed by atoms with Crippen molar-refractivity contribution in [1.29, 1.82) is 0 Å². The topological polar surface area (TPSA) is 25.8 Å². The second-order valence-corrected chi connectivity index (χ2v) is 7.20. The predicted octanol–water partition coefficient (Wildman–Crippen LogP) is 6.89. The van der Waals surface area contributed by atoms with Crippen LogP contribution in [0.4, 0.5) is 0 Å². The average molecular weight is 422 g/mol. The summed E-state index contributed by atoms with van der Waals surface area (Å²) in [7, 11) is 0. The summed E-state index contributed by atoms with van der Waals surface area (Å²) in [6.07, 6.45) is 0. The Hall–Kier alpha value is -2.49. The van der Waals surface area contributed by atoms with E-state index >= 15 is 0 Å². The molecule has 0 radical (unpaired) electrons. The molecule has 0 aliphatic rings. The van der Waals surface area contributed by atoms with Crippen LogP contribution in [0.3, 0.4) is 0 Å². The second kappa shape index (κ2) is 7.40. The van der Waals surface area contributed by atoms with E-state index in [1.165, 1.54) is 0 Å². The molecule has 0 amide bonds. The lowest BCUT2D eigenvalue weighted by molar-refractivity contribution is 1.18. The van der Waals surface area contributed by atoms with Crippen molar-refractivity contribution < 1.29 is 0 Å². The van der Waals surface area contributed by atoms with Gasteiger partial charge in [0.25, 0.3) is 0 Å². The number of benzene rings is 3. The summed E-state index contributed by atoms with van der Waals surface area (Å²) in [6, 6.07) is 28.0. The minimum absolute atomic E-state index is 0.643. The van der Waals surface area contributed by atoms with E-state index in [2.05, 4.69) is 40.2 Å². The van der Waals surface area contributed by atoms with E-state index in [1.54, 1.807) is 0 Å². The highest BCUT2D eigenvalue weighted by Gasteiger charge is 2.11. The fourth-order valence-electron chi connectivity index (χ4n) is 2.77. The van der Waals surface area contributed by atoms with Crippen LogP contribution < -0.4 is 0 Å². The van der Waals surface area contributed by atoms with Gasteiger partial charge in [0.05, 0.1) is 11.4 Å². The first-order valence-electron chi connectivity index (χ1n) is 8.15. The van der Waals surface area contributed by atoms with Gasteiger partial charge in [-0.25, -0.2) is 9.97 Å². The molecule has 126 valence electrons. The van der Waals surface area contributed by atoms with Crippen molar-refractivity contribution in [2.75, 3.05) is 0 Å². The summed E-state index contributed by atoms with van der Waals surface area (Å²) in [5, 5.41) is 0.643. The Morgan fingerprint density at radius 1 is 0.615 bits per heavy atom. The molecular formula is C22H14BrClN2. The Bertz CT molecular complexity index is 972. The Morgan fingerprint density at radius 2 is 1.15 bits per heavy atom. The minimum Gasteiger partial charge on any atom is -0.228 e. The molecule has 0 N–H and O–H groups in total. The van der Waals surface area contributed by atoms with E-state index in [4.69, 9.17) is 21.6 Å². The summed E-state index contributed by atoms with van der Waals surface area (Å²) >= 11 is 9.73. The SMILES string of the molecule is Clc1cc(Br)cc(-c2nc(-c3ccccc3)cc(-c3ccccc3)n2)c1. The molecule has 0 saturated carbocycles. The van der Waals surface area contributed by atoms with Crippen LogP contribution in [0.2, 0.25) is 5.02 Å². The zero-order valence-corrected chi connectivity index (χ0v) is 16.1. The molecule has 0 unspecified atom stereocenters. The van der Waals surface area contributed by atoms with E-state index in [0.717, 1.165) is 32.6 Å². The molecule has 0 bridgehead atoms. The molecule has 0 fully saturated rings. The Balaban J connectivity index is 1.93. The van der Waals surface area contributed by atoms with Gasteiger partial charge in [-0.1, -0.05) is 88.2 Å². The largest absolute Gasteiger partial charge is 0.228 e. The van der Waals surface area contributed by atoms with E-state index in [1.807, 2.05) is 60.7 Å². The Kier molecular flexibility index (Phi) is 4.83. The molecule has 1 heterocycles. The van der Waals surface area contributed by atoms with Gasteiger partial charge >= 0.3 is 0 Å². The van der Waals surface area contributed by atoms with Crippen LogP contribution in [0.15, 0.2) is 89.4 Å². The number of hydrogen-bond acceptors (Lipinski definition) is 2. The Morgan fingerprint density at radius 3 is 1.65 bits per heavy atom. The molecule has 0 aliphatic heterocycles. The third kappa shape index (κ3) is 3.69. The maximum atomic E-state index is 6.23. The molecule has 3 aromatic carbocycles. The minimum atomic E-state index is 0.643. The standard InChI is InChI=1S/C22H14BrClN2/c23-18-11-17(12-19(24)13-18)22-25-20(15-7-3-1-4-8-15)14-21(26-22)16-9-5-2-6-10-16/h1-14H. The van der Waals surface area contributed by atoms with Gasteiger partial charge in [-0.05, 0) is 24.3 Å². The maximum Gasteiger partial charge on any atom is 0.160 e. The number of hydrogen-bond donors (Lipinski definition) is 0. The normalized spacial score (nSPS) is 10.7. The number of aromatic nitrogens is 2. The van der Waals surface area contributed by atoms with Crippen LogP contribution in [-0.2, 0) is 0 Å². The molecule has 2 nitrogen and oxygen atoms in total. The van der Waals surface area contributed by atoms with Gasteiger partial charge < -0.3 is 0 Å². The predicted molar refractivity (Wildman–Crippen MR) is 111 cm³/mol. The molecule has 0 saturated heterocycles. The van der Waals surface area contributed by atoms with E-state index in [-0.39, 0.29) is 0 Å². The van der Waals surface area contributed by atoms with Crippen LogP contribution in [0.5, 0.6) is 0 Å². The highest BCUT2D eigenvalue weighted by Crippen LogP contribution is 2.30. The maximum absolute atomic E-state index is 6.23. The van der Waals surface area contributed by atoms with Crippen LogP contribution in [0, 0.1) is 0 Å². The smallest absolute Gasteiger partial charge is 0.160 e. The molecule has 0 atom stereocenters. The molecule has 4 rings (SSSR count). The van der Waals surface area contributed by atoms with Crippen LogP contribution in [0.1, 0.15) is 0 Å². The van der Waals surface area contributed by atoms with Crippen molar-refractivity contribution in [1.82, 2.24) is 9.97 Å². The van der Waals surface area contributed by atoms with Gasteiger partial charge in [0, 0.05) is 26.2 Å². The fourth-order valence-corrected chi connectivity index (χ4v) is 3.63. The van der Waals surface area contributed by atoms with Gasteiger partial charge in [-0.3, -0.25) is 0 Å². The lowest BCUT2D eigenvalue weighted by Gasteiger charge is -2.10. The lowest BCUT2D eigenvalue weighted by atomic mass is 10.1. The van der Waals surface area contributed by atoms with Crippen LogP contribution in [-0.4, -0.2) is 9.97 Å². The van der Waals surface area contributed by atoms with E-state index in [9.17, 15) is 0 Å². The molecule has 4 aromatic rings. The third-order valence-corrected chi connectivity index (χ3v) is 4.66. The van der Waals surface area contributed by atoms with Crippen molar-refractivity contribution in [3.63, 3.8) is 0 Å². The summed E-state index contributed by atoms with van der Waals surface area (Å²) in [5.74, 6) is 0.647. The van der Waals surface area contributed by atoms with Crippen LogP contribution >= 0.6 is 27.5 Å². The first-order chi connectivity index (χ1) is 12.7. The first kappa shape index (κ1) is 17.0. The highest BCUT2D eigenvalue weighted by atomic mass is 79.9. The van der Waals surface area contributed by atoms with Gasteiger partial charge in [0.15, 0.2) is 5.82 Å². The summed E-state index contributed by atoms with van der Waals surface area (Å²) < 4.78 is 0.898. The van der Waals surface area contributed by atoms with Crippen molar-refractivity contribution in [2.45, 2.75) is 0 Å². The molecule has 26 heavy (non-hydrogen) atoms. The fraction of sp³-hybridized carbons (Fsp3) is 0. The second-order valence-electron chi connectivity index (χ2n) is 5.85. The Labute approximate surface area is 165 Å². The van der Waals surface area contributed by atoms with Crippen molar-refractivity contribution >= 4 is 27.5 Å². The van der Waals surface area contributed by atoms with Gasteiger partial charge in [-0.15, -0.1) is 0 Å². The monoisotopic (exact) mass is 420 g/mol. The third-order valence-electron chi connectivity index (χ3n) is 3.99. The molecular weight excluding hydrogens is 408 g/mol. The summed E-state index contributed by atoms with van der Waals surface area (Å²) in [5.41, 5.74) is 4.74. The molecule has 1 aromatic heterocycles. The highest BCUT2D eigenvalue weighted by molar-refractivity contribution is 9.10. The van der Waals surface area contributed by atoms with Crippen molar-refractivity contribution in [2.24, 2.45) is 0 Å². The van der Waals surface area contributed by atoms with Crippen LogP contribution in [0.25, 0.3) is 33.9 Å². The lowest BCUT2D eigenvalue weighted by Crippen LogP contribution is -1.96. The van der Waals surface area contributed by atoms with Gasteiger partial charge in [0.1, 0.15) is 0 Å². The molecule has 4 heteroatoms. The molecule has 0 spiro atoms. The van der Waals surface area contributed by atoms with E-state index in [0.29, 0.717) is 10.8 Å². The van der Waals surface area contributed by atoms with Crippen molar-refractivity contribution in [3.05, 3.63) is 94.4 Å². The van der Waals surface area contributed by atoms with Crippen molar-refractivity contribution in [3.8, 4) is 33.9 Å². The summed E-state index contributed by atoms with van der Waals surface area (Å²) in [4.78, 5) is 9.58. The van der Waals surface area contributed by atoms with E-state index < -0.39 is 0 Å². The average Bonchev–Trinajstić information content (AvgIpc) is 2.68. The number of halogens is 2. The van der Waals surface area contributed by atoms with Gasteiger partial charge in [-0.2, -0.15) is 0 Å². The zero-order valence-electron chi connectivity index (χ0n) is 13.7. The number of nitrogens with zero attached hydrogens (tertiary/aromatic N) is 2. The quantitative estimate of drug-likeness (QED) is 0.360. The summed E-state index contributed by atoms with van der Waals surface area (Å²) in [6.45, 7) is 0. The first-order valence-corrected chi connectivity index (χ1v) is 9.32.